The van der Waals surface area contributed by atoms with Gasteiger partial charge in [0, 0.05) is 18.7 Å². The standard InChI is InChI=1S/C28H31N3O4S/c1-20-15-16-23(36(34,35)31-17-9-4-10-18-31)19-25(20)28(33)30-26-14-8-7-13-24(26)27(32)29-21(2)22-11-5-3-6-12-22/h3,5-8,11-16,19,21H,4,9-10,17-18H2,1-2H3,(H,29,32)(H,30,33). The van der Waals surface area contributed by atoms with E-state index in [2.05, 4.69) is 10.6 Å². The number of sulfonamides is 1. The third kappa shape index (κ3) is 5.66. The molecule has 1 atom stereocenters. The molecule has 1 heterocycles. The van der Waals surface area contributed by atoms with E-state index >= 15 is 0 Å². The number of rotatable bonds is 7. The molecule has 3 aromatic carbocycles. The number of amides is 2. The third-order valence-corrected chi connectivity index (χ3v) is 8.37. The van der Waals surface area contributed by atoms with Crippen molar-refractivity contribution in [3.63, 3.8) is 0 Å². The highest BCUT2D eigenvalue weighted by Crippen LogP contribution is 2.24. The molecule has 2 N–H and O–H groups in total. The van der Waals surface area contributed by atoms with Crippen LogP contribution in [0.5, 0.6) is 0 Å². The van der Waals surface area contributed by atoms with E-state index in [4.69, 9.17) is 0 Å². The van der Waals surface area contributed by atoms with Gasteiger partial charge in [0.25, 0.3) is 11.8 Å². The highest BCUT2D eigenvalue weighted by molar-refractivity contribution is 7.89. The van der Waals surface area contributed by atoms with E-state index in [-0.39, 0.29) is 22.4 Å². The number of hydrogen-bond donors (Lipinski definition) is 2. The van der Waals surface area contributed by atoms with Crippen LogP contribution in [0.3, 0.4) is 0 Å². The highest BCUT2D eigenvalue weighted by Gasteiger charge is 2.27. The van der Waals surface area contributed by atoms with Crippen molar-refractivity contribution in [1.82, 2.24) is 9.62 Å². The SMILES string of the molecule is Cc1ccc(S(=O)(=O)N2CCCCC2)cc1C(=O)Nc1ccccc1C(=O)NC(C)c1ccccc1. The number of benzene rings is 3. The Morgan fingerprint density at radius 2 is 1.50 bits per heavy atom. The average molecular weight is 506 g/mol. The minimum absolute atomic E-state index is 0.0999. The molecule has 2 amide bonds. The van der Waals surface area contributed by atoms with Crippen LogP contribution in [0, 0.1) is 6.92 Å². The first-order valence-electron chi connectivity index (χ1n) is 12.1. The van der Waals surface area contributed by atoms with Gasteiger partial charge >= 0.3 is 0 Å². The Balaban J connectivity index is 1.55. The van der Waals surface area contributed by atoms with Crippen LogP contribution in [-0.2, 0) is 10.0 Å². The van der Waals surface area contributed by atoms with Crippen LogP contribution in [0.15, 0.2) is 77.7 Å². The number of nitrogens with zero attached hydrogens (tertiary/aromatic N) is 1. The Bertz CT molecular complexity index is 1350. The smallest absolute Gasteiger partial charge is 0.255 e. The molecular formula is C28H31N3O4S. The van der Waals surface area contributed by atoms with Crippen molar-refractivity contribution >= 4 is 27.5 Å². The minimum Gasteiger partial charge on any atom is -0.345 e. The Morgan fingerprint density at radius 1 is 0.833 bits per heavy atom. The van der Waals surface area contributed by atoms with E-state index in [0.717, 1.165) is 24.8 Å². The van der Waals surface area contributed by atoms with Gasteiger partial charge in [-0.3, -0.25) is 9.59 Å². The molecule has 36 heavy (non-hydrogen) atoms. The lowest BCUT2D eigenvalue weighted by molar-refractivity contribution is 0.0940. The van der Waals surface area contributed by atoms with Gasteiger partial charge in [0.1, 0.15) is 0 Å². The molecule has 1 aliphatic heterocycles. The normalized spacial score (nSPS) is 15.2. The molecule has 0 bridgehead atoms. The van der Waals surface area contributed by atoms with E-state index in [1.165, 1.54) is 10.4 Å². The number of nitrogens with one attached hydrogen (secondary N) is 2. The molecule has 1 saturated heterocycles. The predicted octanol–water partition coefficient (Wildman–Crippen LogP) is 4.91. The molecule has 7 nitrogen and oxygen atoms in total. The summed E-state index contributed by atoms with van der Waals surface area (Å²) in [5, 5.41) is 5.78. The molecule has 8 heteroatoms. The fourth-order valence-electron chi connectivity index (χ4n) is 4.34. The zero-order valence-electron chi connectivity index (χ0n) is 20.5. The fourth-order valence-corrected chi connectivity index (χ4v) is 5.88. The molecule has 0 aliphatic carbocycles. The molecule has 1 fully saturated rings. The lowest BCUT2D eigenvalue weighted by Crippen LogP contribution is -2.35. The van der Waals surface area contributed by atoms with E-state index in [0.29, 0.717) is 29.9 Å². The molecule has 1 aliphatic rings. The molecule has 4 rings (SSSR count). The quantitative estimate of drug-likeness (QED) is 0.477. The summed E-state index contributed by atoms with van der Waals surface area (Å²) in [5.41, 5.74) is 2.53. The van der Waals surface area contributed by atoms with Crippen molar-refractivity contribution in [1.29, 1.82) is 0 Å². The lowest BCUT2D eigenvalue weighted by Gasteiger charge is -2.26. The van der Waals surface area contributed by atoms with Crippen molar-refractivity contribution < 1.29 is 18.0 Å². The van der Waals surface area contributed by atoms with Crippen LogP contribution in [0.1, 0.15) is 64.1 Å². The predicted molar refractivity (Wildman–Crippen MR) is 141 cm³/mol. The topological polar surface area (TPSA) is 95.6 Å². The monoisotopic (exact) mass is 505 g/mol. The molecule has 1 unspecified atom stereocenters. The van der Waals surface area contributed by atoms with Crippen LogP contribution in [-0.4, -0.2) is 37.6 Å². The van der Waals surface area contributed by atoms with E-state index < -0.39 is 15.9 Å². The molecule has 0 radical (unpaired) electrons. The number of para-hydroxylation sites is 1. The average Bonchev–Trinajstić information content (AvgIpc) is 2.90. The van der Waals surface area contributed by atoms with Crippen LogP contribution in [0.4, 0.5) is 5.69 Å². The van der Waals surface area contributed by atoms with Crippen LogP contribution in [0.25, 0.3) is 0 Å². The summed E-state index contributed by atoms with van der Waals surface area (Å²) in [5.74, 6) is -0.792. The largest absolute Gasteiger partial charge is 0.345 e. The van der Waals surface area contributed by atoms with Gasteiger partial charge in [-0.2, -0.15) is 4.31 Å². The van der Waals surface area contributed by atoms with Gasteiger partial charge in [0.2, 0.25) is 10.0 Å². The first kappa shape index (κ1) is 25.6. The maximum atomic E-state index is 13.3. The first-order valence-corrected chi connectivity index (χ1v) is 13.6. The Labute approximate surface area is 212 Å². The number of aryl methyl sites for hydroxylation is 1. The maximum absolute atomic E-state index is 13.3. The molecule has 0 saturated carbocycles. The van der Waals surface area contributed by atoms with Crippen LogP contribution >= 0.6 is 0 Å². The van der Waals surface area contributed by atoms with Crippen LogP contribution in [0.2, 0.25) is 0 Å². The molecule has 0 spiro atoms. The second-order valence-electron chi connectivity index (χ2n) is 9.05. The zero-order valence-corrected chi connectivity index (χ0v) is 21.3. The van der Waals surface area contributed by atoms with Crippen molar-refractivity contribution in [2.45, 2.75) is 44.0 Å². The zero-order chi connectivity index (χ0) is 25.7. The van der Waals surface area contributed by atoms with Gasteiger partial charge in [0.05, 0.1) is 22.2 Å². The molecular weight excluding hydrogens is 474 g/mol. The number of hydrogen-bond acceptors (Lipinski definition) is 4. The van der Waals surface area contributed by atoms with E-state index in [1.54, 1.807) is 43.3 Å². The van der Waals surface area contributed by atoms with Gasteiger partial charge in [0.15, 0.2) is 0 Å². The molecule has 3 aromatic rings. The van der Waals surface area contributed by atoms with Crippen molar-refractivity contribution in [3.05, 3.63) is 95.1 Å². The third-order valence-electron chi connectivity index (χ3n) is 6.47. The summed E-state index contributed by atoms with van der Waals surface area (Å²) in [6, 6.07) is 20.8. The number of piperidine rings is 1. The minimum atomic E-state index is -3.68. The second-order valence-corrected chi connectivity index (χ2v) is 11.0. The van der Waals surface area contributed by atoms with E-state index in [1.807, 2.05) is 37.3 Å². The van der Waals surface area contributed by atoms with E-state index in [9.17, 15) is 18.0 Å². The van der Waals surface area contributed by atoms with Crippen molar-refractivity contribution in [2.75, 3.05) is 18.4 Å². The van der Waals surface area contributed by atoms with Gasteiger partial charge in [-0.05, 0) is 62.1 Å². The van der Waals surface area contributed by atoms with Crippen LogP contribution < -0.4 is 10.6 Å². The highest BCUT2D eigenvalue weighted by atomic mass is 32.2. The Hall–Kier alpha value is -3.49. The summed E-state index contributed by atoms with van der Waals surface area (Å²) in [6.45, 7) is 4.63. The summed E-state index contributed by atoms with van der Waals surface area (Å²) in [6.07, 6.45) is 2.69. The summed E-state index contributed by atoms with van der Waals surface area (Å²) >= 11 is 0. The first-order chi connectivity index (χ1) is 17.3. The fraction of sp³-hybridized carbons (Fsp3) is 0.286. The van der Waals surface area contributed by atoms with Gasteiger partial charge < -0.3 is 10.6 Å². The lowest BCUT2D eigenvalue weighted by atomic mass is 10.1. The van der Waals surface area contributed by atoms with Gasteiger partial charge in [-0.25, -0.2) is 8.42 Å². The summed E-state index contributed by atoms with van der Waals surface area (Å²) in [4.78, 5) is 26.4. The molecule has 188 valence electrons. The maximum Gasteiger partial charge on any atom is 0.255 e. The van der Waals surface area contributed by atoms with Crippen molar-refractivity contribution in [3.8, 4) is 0 Å². The number of carbonyl (C=O) groups excluding carboxylic acids is 2. The Kier molecular flexibility index (Phi) is 7.86. The Morgan fingerprint density at radius 3 is 2.22 bits per heavy atom. The summed E-state index contributed by atoms with van der Waals surface area (Å²) < 4.78 is 27.8. The second kappa shape index (κ2) is 11.1. The van der Waals surface area contributed by atoms with Gasteiger partial charge in [-0.15, -0.1) is 0 Å². The number of anilines is 1. The summed E-state index contributed by atoms with van der Waals surface area (Å²) in [7, 11) is -3.68. The van der Waals surface area contributed by atoms with Crippen molar-refractivity contribution in [2.24, 2.45) is 0 Å². The van der Waals surface area contributed by atoms with Gasteiger partial charge in [-0.1, -0.05) is 55.0 Å². The molecule has 0 aromatic heterocycles. The number of carbonyl (C=O) groups is 2.